The minimum atomic E-state index is -0.473. The van der Waals surface area contributed by atoms with Gasteiger partial charge in [0.15, 0.2) is 0 Å². The predicted molar refractivity (Wildman–Crippen MR) is 93.0 cm³/mol. The summed E-state index contributed by atoms with van der Waals surface area (Å²) in [6.07, 6.45) is 3.75. The number of nitrogens with two attached hydrogens (primary N) is 1. The second-order valence-corrected chi connectivity index (χ2v) is 7.65. The summed E-state index contributed by atoms with van der Waals surface area (Å²) in [7, 11) is 0. The van der Waals surface area contributed by atoms with Gasteiger partial charge in [0.25, 0.3) is 0 Å². The molecule has 2 aliphatic rings. The maximum absolute atomic E-state index is 12.4. The van der Waals surface area contributed by atoms with E-state index in [9.17, 15) is 4.79 Å². The monoisotopic (exact) mass is 317 g/mol. The fourth-order valence-corrected chi connectivity index (χ4v) is 3.21. The summed E-state index contributed by atoms with van der Waals surface area (Å²) in [5.41, 5.74) is 8.66. The number of ether oxygens (including phenoxy) is 1. The molecule has 126 valence electrons. The third kappa shape index (κ3) is 3.78. The first-order chi connectivity index (χ1) is 10.8. The molecule has 0 spiro atoms. The molecule has 3 rings (SSSR count). The number of hydrogen-bond donors (Lipinski definition) is 2. The lowest BCUT2D eigenvalue weighted by molar-refractivity contribution is 0.0578. The average molecular weight is 317 g/mol. The Morgan fingerprint density at radius 2 is 2.09 bits per heavy atom. The molecule has 1 fully saturated rings. The first-order valence-corrected chi connectivity index (χ1v) is 8.47. The highest BCUT2D eigenvalue weighted by Gasteiger charge is 2.28. The average Bonchev–Trinajstić information content (AvgIpc) is 2.43. The van der Waals surface area contributed by atoms with Gasteiger partial charge in [0.05, 0.1) is 5.69 Å². The Labute approximate surface area is 138 Å². The number of nitrogens with one attached hydrogen (secondary N) is 1. The summed E-state index contributed by atoms with van der Waals surface area (Å²) in [5.74, 6) is 0. The third-order valence-corrected chi connectivity index (χ3v) is 4.36. The summed E-state index contributed by atoms with van der Waals surface area (Å²) < 4.78 is 5.52. The smallest absolute Gasteiger partial charge is 0.414 e. The fourth-order valence-electron chi connectivity index (χ4n) is 3.21. The molecule has 0 radical (unpaired) electrons. The maximum Gasteiger partial charge on any atom is 0.414 e. The fraction of sp³-hybridized carbons (Fsp3) is 0.611. The van der Waals surface area contributed by atoms with Crippen molar-refractivity contribution in [3.8, 4) is 0 Å². The van der Waals surface area contributed by atoms with Crippen molar-refractivity contribution in [2.24, 2.45) is 5.73 Å². The van der Waals surface area contributed by atoms with Gasteiger partial charge in [0, 0.05) is 24.3 Å². The number of amides is 1. The number of fused-ring (bicyclic) bond motifs is 1. The normalized spacial score (nSPS) is 23.7. The molecule has 0 unspecified atom stereocenters. The van der Waals surface area contributed by atoms with Crippen molar-refractivity contribution < 1.29 is 9.53 Å². The number of aryl methyl sites for hydroxylation is 1. The van der Waals surface area contributed by atoms with Crippen LogP contribution in [-0.4, -0.2) is 30.3 Å². The van der Waals surface area contributed by atoms with Crippen LogP contribution < -0.4 is 16.0 Å². The molecule has 5 nitrogen and oxygen atoms in total. The summed E-state index contributed by atoms with van der Waals surface area (Å²) in [4.78, 5) is 14.2. The van der Waals surface area contributed by atoms with E-state index in [1.54, 1.807) is 4.90 Å². The van der Waals surface area contributed by atoms with Crippen LogP contribution in [0.25, 0.3) is 0 Å². The molecule has 0 saturated heterocycles. The van der Waals surface area contributed by atoms with Crippen molar-refractivity contribution in [2.75, 3.05) is 16.8 Å². The van der Waals surface area contributed by atoms with Crippen molar-refractivity contribution in [1.29, 1.82) is 0 Å². The Hall–Kier alpha value is -1.75. The zero-order valence-electron chi connectivity index (χ0n) is 14.3. The number of benzene rings is 1. The van der Waals surface area contributed by atoms with Gasteiger partial charge in [-0.25, -0.2) is 4.79 Å². The van der Waals surface area contributed by atoms with Crippen LogP contribution in [0.4, 0.5) is 16.2 Å². The molecular formula is C18H27N3O2. The molecule has 0 atom stereocenters. The maximum atomic E-state index is 12.4. The Balaban J connectivity index is 1.73. The van der Waals surface area contributed by atoms with Crippen molar-refractivity contribution in [1.82, 2.24) is 0 Å². The number of carbonyl (C=O) groups is 1. The highest BCUT2D eigenvalue weighted by molar-refractivity contribution is 5.90. The van der Waals surface area contributed by atoms with Crippen LogP contribution in [0.1, 0.15) is 45.6 Å². The zero-order valence-corrected chi connectivity index (χ0v) is 14.3. The van der Waals surface area contributed by atoms with E-state index in [0.29, 0.717) is 18.6 Å². The van der Waals surface area contributed by atoms with Gasteiger partial charge in [0.2, 0.25) is 0 Å². The standard InChI is InChI=1S/C18H27N3O2/c1-18(2,3)23-17(22)21-8-4-5-12-9-14(6-7-16(12)21)20-15-10-13(19)11-15/h6-7,9,13,15,20H,4-5,8,10-11,19H2,1-3H3. The SMILES string of the molecule is CC(C)(C)OC(=O)N1CCCc2cc(NC3CC(N)C3)ccc21. The Morgan fingerprint density at radius 1 is 1.35 bits per heavy atom. The van der Waals surface area contributed by atoms with Crippen molar-refractivity contribution in [2.45, 2.75) is 64.1 Å². The van der Waals surface area contributed by atoms with Gasteiger partial charge in [-0.05, 0) is 70.2 Å². The molecule has 1 aromatic carbocycles. The Kier molecular flexibility index (Phi) is 4.23. The quantitative estimate of drug-likeness (QED) is 0.878. The van der Waals surface area contributed by atoms with E-state index in [2.05, 4.69) is 11.4 Å². The van der Waals surface area contributed by atoms with Crippen LogP contribution in [0.2, 0.25) is 0 Å². The van der Waals surface area contributed by atoms with Gasteiger partial charge in [0.1, 0.15) is 5.60 Å². The van der Waals surface area contributed by atoms with E-state index in [-0.39, 0.29) is 6.09 Å². The number of carbonyl (C=O) groups excluding carboxylic acids is 1. The van der Waals surface area contributed by atoms with Crippen molar-refractivity contribution >= 4 is 17.5 Å². The van der Waals surface area contributed by atoms with Crippen molar-refractivity contribution in [3.63, 3.8) is 0 Å². The number of hydrogen-bond acceptors (Lipinski definition) is 4. The minimum Gasteiger partial charge on any atom is -0.443 e. The third-order valence-electron chi connectivity index (χ3n) is 4.36. The number of anilines is 2. The molecule has 1 saturated carbocycles. The topological polar surface area (TPSA) is 67.6 Å². The van der Waals surface area contributed by atoms with Crippen LogP contribution >= 0.6 is 0 Å². The van der Waals surface area contributed by atoms with Gasteiger partial charge >= 0.3 is 6.09 Å². The van der Waals surface area contributed by atoms with Crippen LogP contribution in [0.3, 0.4) is 0 Å². The van der Waals surface area contributed by atoms with Crippen molar-refractivity contribution in [3.05, 3.63) is 23.8 Å². The second kappa shape index (κ2) is 6.04. The van der Waals surface area contributed by atoms with Gasteiger partial charge < -0.3 is 15.8 Å². The molecule has 0 aromatic heterocycles. The highest BCUT2D eigenvalue weighted by Crippen LogP contribution is 2.32. The van der Waals surface area contributed by atoms with Crippen LogP contribution in [0.5, 0.6) is 0 Å². The molecule has 23 heavy (non-hydrogen) atoms. The molecule has 1 aliphatic heterocycles. The Bertz CT molecular complexity index is 588. The molecular weight excluding hydrogens is 290 g/mol. The largest absolute Gasteiger partial charge is 0.443 e. The van der Waals surface area contributed by atoms with Gasteiger partial charge in [-0.1, -0.05) is 0 Å². The molecule has 5 heteroatoms. The van der Waals surface area contributed by atoms with Crippen LogP contribution in [-0.2, 0) is 11.2 Å². The second-order valence-electron chi connectivity index (χ2n) is 7.65. The lowest BCUT2D eigenvalue weighted by Gasteiger charge is -2.35. The predicted octanol–water partition coefficient (Wildman–Crippen LogP) is 3.28. The summed E-state index contributed by atoms with van der Waals surface area (Å²) in [5, 5.41) is 3.53. The van der Waals surface area contributed by atoms with E-state index in [4.69, 9.17) is 10.5 Å². The first-order valence-electron chi connectivity index (χ1n) is 8.47. The lowest BCUT2D eigenvalue weighted by Crippen LogP contribution is -2.44. The minimum absolute atomic E-state index is 0.260. The van der Waals surface area contributed by atoms with Crippen LogP contribution in [0.15, 0.2) is 18.2 Å². The number of rotatable bonds is 2. The van der Waals surface area contributed by atoms with E-state index < -0.39 is 5.60 Å². The molecule has 0 bridgehead atoms. The molecule has 3 N–H and O–H groups in total. The summed E-state index contributed by atoms with van der Waals surface area (Å²) >= 11 is 0. The zero-order chi connectivity index (χ0) is 16.6. The molecule has 1 aliphatic carbocycles. The van der Waals surface area contributed by atoms with E-state index in [1.807, 2.05) is 32.9 Å². The Morgan fingerprint density at radius 3 is 2.74 bits per heavy atom. The van der Waals surface area contributed by atoms with Gasteiger partial charge in [-0.15, -0.1) is 0 Å². The number of nitrogens with zero attached hydrogens (tertiary/aromatic N) is 1. The van der Waals surface area contributed by atoms with E-state index >= 15 is 0 Å². The van der Waals surface area contributed by atoms with Gasteiger partial charge in [-0.2, -0.15) is 0 Å². The van der Waals surface area contributed by atoms with Gasteiger partial charge in [-0.3, -0.25) is 4.90 Å². The summed E-state index contributed by atoms with van der Waals surface area (Å²) in [6, 6.07) is 7.06. The van der Waals surface area contributed by atoms with Crippen LogP contribution in [0, 0.1) is 0 Å². The molecule has 1 aromatic rings. The molecule has 1 heterocycles. The lowest BCUT2D eigenvalue weighted by atomic mass is 9.87. The van der Waals surface area contributed by atoms with E-state index in [1.165, 1.54) is 5.56 Å². The molecule has 1 amide bonds. The highest BCUT2D eigenvalue weighted by atomic mass is 16.6. The first kappa shape index (κ1) is 16.1. The van der Waals surface area contributed by atoms with E-state index in [0.717, 1.165) is 37.1 Å². The summed E-state index contributed by atoms with van der Waals surface area (Å²) in [6.45, 7) is 6.40.